The monoisotopic (exact) mass is 399 g/mol. The minimum absolute atomic E-state index is 0.405. The molecule has 1 atom stereocenters. The fourth-order valence-electron chi connectivity index (χ4n) is 3.72. The molecule has 4 aromatic rings. The fraction of sp³-hybridized carbons (Fsp3) is 0.292. The summed E-state index contributed by atoms with van der Waals surface area (Å²) in [4.78, 5) is 24.4. The molecule has 0 spiro atoms. The molecule has 2 N–H and O–H groups in total. The molecule has 4 rings (SSSR count). The van der Waals surface area contributed by atoms with E-state index in [-0.39, 0.29) is 0 Å². The minimum atomic E-state index is 0.405. The van der Waals surface area contributed by atoms with Gasteiger partial charge in [-0.1, -0.05) is 19.8 Å². The van der Waals surface area contributed by atoms with Gasteiger partial charge in [-0.15, -0.1) is 0 Å². The predicted octanol–water partition coefficient (Wildman–Crippen LogP) is 5.37. The van der Waals surface area contributed by atoms with E-state index < -0.39 is 0 Å². The van der Waals surface area contributed by atoms with Gasteiger partial charge in [0.2, 0.25) is 0 Å². The lowest BCUT2D eigenvalue weighted by molar-refractivity contribution is 0.520. The molecular formula is C24H27N6. The SMILES string of the molecule is [CH2]CCC(CCCCc1nc(-c2ccncc2)c[nH]1)c1nc(-c2ccncc2)c[nH]1. The highest BCUT2D eigenvalue weighted by molar-refractivity contribution is 5.58. The molecule has 153 valence electrons. The largest absolute Gasteiger partial charge is 0.348 e. The standard InChI is InChI=1S/C24H27N6/c1-2-5-20(24-28-17-22(30-24)19-10-14-26-15-11-19)6-3-4-7-23-27-16-21(29-23)18-8-12-25-13-9-18/h8-17,20H,1-7H2,(H,27,29)(H,28,30). The van der Waals surface area contributed by atoms with Gasteiger partial charge in [-0.25, -0.2) is 9.97 Å². The molecule has 4 heterocycles. The van der Waals surface area contributed by atoms with Crippen LogP contribution in [0.25, 0.3) is 22.5 Å². The van der Waals surface area contributed by atoms with Crippen LogP contribution in [0.5, 0.6) is 0 Å². The summed E-state index contributed by atoms with van der Waals surface area (Å²) in [6.45, 7) is 4.05. The van der Waals surface area contributed by atoms with E-state index in [1.807, 2.05) is 36.7 Å². The Balaban J connectivity index is 1.31. The number of hydrogen-bond acceptors (Lipinski definition) is 4. The molecule has 0 amide bonds. The Hall–Kier alpha value is -3.28. The zero-order chi connectivity index (χ0) is 20.6. The molecule has 0 aliphatic rings. The first-order valence-electron chi connectivity index (χ1n) is 10.5. The third kappa shape index (κ3) is 5.00. The Labute approximate surface area is 177 Å². The van der Waals surface area contributed by atoms with Gasteiger partial charge in [0.1, 0.15) is 11.6 Å². The van der Waals surface area contributed by atoms with E-state index in [1.54, 1.807) is 24.8 Å². The molecule has 6 nitrogen and oxygen atoms in total. The van der Waals surface area contributed by atoms with Crippen LogP contribution < -0.4 is 0 Å². The zero-order valence-electron chi connectivity index (χ0n) is 17.1. The van der Waals surface area contributed by atoms with Gasteiger partial charge < -0.3 is 9.97 Å². The second kappa shape index (κ2) is 9.96. The van der Waals surface area contributed by atoms with Gasteiger partial charge in [0.25, 0.3) is 0 Å². The number of H-pyrrole nitrogens is 2. The number of nitrogens with zero attached hydrogens (tertiary/aromatic N) is 4. The lowest BCUT2D eigenvalue weighted by Gasteiger charge is -2.13. The number of imidazole rings is 2. The van der Waals surface area contributed by atoms with E-state index >= 15 is 0 Å². The molecule has 0 fully saturated rings. The Morgan fingerprint density at radius 2 is 1.40 bits per heavy atom. The number of aromatic amines is 2. The maximum Gasteiger partial charge on any atom is 0.109 e. The minimum Gasteiger partial charge on any atom is -0.348 e. The summed E-state index contributed by atoms with van der Waals surface area (Å²) in [5.74, 6) is 2.50. The molecule has 0 aromatic carbocycles. The predicted molar refractivity (Wildman–Crippen MR) is 119 cm³/mol. The first-order chi connectivity index (χ1) is 14.8. The molecule has 0 saturated heterocycles. The number of rotatable bonds is 10. The van der Waals surface area contributed by atoms with E-state index in [4.69, 9.17) is 9.97 Å². The van der Waals surface area contributed by atoms with Crippen LogP contribution in [0, 0.1) is 6.92 Å². The highest BCUT2D eigenvalue weighted by atomic mass is 14.9. The quantitative estimate of drug-likeness (QED) is 0.351. The van der Waals surface area contributed by atoms with E-state index in [0.717, 1.165) is 72.7 Å². The normalized spacial score (nSPS) is 12.2. The zero-order valence-corrected chi connectivity index (χ0v) is 17.1. The van der Waals surface area contributed by atoms with Crippen molar-refractivity contribution in [1.29, 1.82) is 0 Å². The van der Waals surface area contributed by atoms with Crippen LogP contribution in [0.2, 0.25) is 0 Å². The van der Waals surface area contributed by atoms with Gasteiger partial charge >= 0.3 is 0 Å². The van der Waals surface area contributed by atoms with Crippen LogP contribution >= 0.6 is 0 Å². The Bertz CT molecular complexity index is 1020. The topological polar surface area (TPSA) is 83.1 Å². The van der Waals surface area contributed by atoms with Gasteiger partial charge in [0, 0.05) is 60.6 Å². The number of aryl methyl sites for hydroxylation is 1. The van der Waals surface area contributed by atoms with Crippen LogP contribution in [0.15, 0.2) is 61.4 Å². The summed E-state index contributed by atoms with van der Waals surface area (Å²) >= 11 is 0. The maximum absolute atomic E-state index is 4.84. The van der Waals surface area contributed by atoms with Crippen molar-refractivity contribution in [3.8, 4) is 22.5 Å². The smallest absolute Gasteiger partial charge is 0.109 e. The summed E-state index contributed by atoms with van der Waals surface area (Å²) in [6, 6.07) is 7.93. The van der Waals surface area contributed by atoms with Crippen molar-refractivity contribution >= 4 is 0 Å². The van der Waals surface area contributed by atoms with Crippen LogP contribution in [0.1, 0.15) is 49.7 Å². The Kier molecular flexibility index (Phi) is 6.65. The van der Waals surface area contributed by atoms with E-state index in [2.05, 4.69) is 26.9 Å². The summed E-state index contributed by atoms with van der Waals surface area (Å²) in [7, 11) is 0. The number of unbranched alkanes of at least 4 members (excludes halogenated alkanes) is 1. The molecule has 1 radical (unpaired) electrons. The lowest BCUT2D eigenvalue weighted by atomic mass is 9.95. The average molecular weight is 400 g/mol. The first kappa shape index (κ1) is 20.0. The molecule has 0 aliphatic carbocycles. The maximum atomic E-state index is 4.84. The van der Waals surface area contributed by atoms with Gasteiger partial charge in [-0.3, -0.25) is 9.97 Å². The summed E-state index contributed by atoms with van der Waals surface area (Å²) < 4.78 is 0. The number of pyridine rings is 2. The number of aromatic nitrogens is 6. The van der Waals surface area contributed by atoms with Gasteiger partial charge in [-0.2, -0.15) is 0 Å². The lowest BCUT2D eigenvalue weighted by Crippen LogP contribution is -2.02. The highest BCUT2D eigenvalue weighted by Crippen LogP contribution is 2.27. The van der Waals surface area contributed by atoms with E-state index in [9.17, 15) is 0 Å². The van der Waals surface area contributed by atoms with Gasteiger partial charge in [0.05, 0.1) is 11.4 Å². The Morgan fingerprint density at radius 3 is 2.07 bits per heavy atom. The van der Waals surface area contributed by atoms with E-state index in [0.29, 0.717) is 5.92 Å². The molecule has 4 aromatic heterocycles. The van der Waals surface area contributed by atoms with Crippen molar-refractivity contribution < 1.29 is 0 Å². The summed E-state index contributed by atoms with van der Waals surface area (Å²) in [5, 5.41) is 0. The van der Waals surface area contributed by atoms with Gasteiger partial charge in [-0.05, 0) is 43.5 Å². The highest BCUT2D eigenvalue weighted by Gasteiger charge is 2.15. The third-order valence-corrected chi connectivity index (χ3v) is 5.34. The summed E-state index contributed by atoms with van der Waals surface area (Å²) in [5.41, 5.74) is 4.12. The summed E-state index contributed by atoms with van der Waals surface area (Å²) in [6.07, 6.45) is 17.3. The van der Waals surface area contributed by atoms with Crippen molar-refractivity contribution in [2.75, 3.05) is 0 Å². The Morgan fingerprint density at radius 1 is 0.767 bits per heavy atom. The van der Waals surface area contributed by atoms with Crippen molar-refractivity contribution in [2.45, 2.75) is 44.4 Å². The van der Waals surface area contributed by atoms with Crippen LogP contribution in [0.4, 0.5) is 0 Å². The van der Waals surface area contributed by atoms with Crippen LogP contribution in [-0.2, 0) is 6.42 Å². The third-order valence-electron chi connectivity index (χ3n) is 5.34. The van der Waals surface area contributed by atoms with Crippen molar-refractivity contribution in [1.82, 2.24) is 29.9 Å². The molecule has 30 heavy (non-hydrogen) atoms. The second-order valence-corrected chi connectivity index (χ2v) is 7.46. The van der Waals surface area contributed by atoms with Crippen LogP contribution in [0.3, 0.4) is 0 Å². The van der Waals surface area contributed by atoms with Gasteiger partial charge in [0.15, 0.2) is 0 Å². The van der Waals surface area contributed by atoms with Crippen molar-refractivity contribution in [2.24, 2.45) is 0 Å². The second-order valence-electron chi connectivity index (χ2n) is 7.46. The van der Waals surface area contributed by atoms with E-state index in [1.165, 1.54) is 0 Å². The fourth-order valence-corrected chi connectivity index (χ4v) is 3.72. The van der Waals surface area contributed by atoms with Crippen molar-refractivity contribution in [3.63, 3.8) is 0 Å². The molecule has 0 aliphatic heterocycles. The molecule has 1 unspecified atom stereocenters. The molecule has 6 heteroatoms. The number of nitrogens with one attached hydrogen (secondary N) is 2. The van der Waals surface area contributed by atoms with Crippen LogP contribution in [-0.4, -0.2) is 29.9 Å². The average Bonchev–Trinajstić information content (AvgIpc) is 3.47. The first-order valence-corrected chi connectivity index (χ1v) is 10.5. The molecule has 0 bridgehead atoms. The van der Waals surface area contributed by atoms with Crippen molar-refractivity contribution in [3.05, 3.63) is 80.0 Å². The molecule has 0 saturated carbocycles. The molecular weight excluding hydrogens is 372 g/mol. The number of hydrogen-bond donors (Lipinski definition) is 2.